The number of hydrogen-bond donors (Lipinski definition) is 0. The molecule has 3 heterocycles. The Kier molecular flexibility index (Phi) is 3.12. The number of alkyl halides is 3. The Labute approximate surface area is 118 Å². The molecule has 0 amide bonds. The number of methoxy groups -OCH3 is 1. The van der Waals surface area contributed by atoms with E-state index >= 15 is 0 Å². The van der Waals surface area contributed by atoms with Crippen LogP contribution in [-0.4, -0.2) is 22.8 Å². The summed E-state index contributed by atoms with van der Waals surface area (Å²) in [5, 5.41) is 0. The van der Waals surface area contributed by atoms with Crippen molar-refractivity contribution in [3.05, 3.63) is 53.0 Å². The number of halogens is 3. The van der Waals surface area contributed by atoms with E-state index in [9.17, 15) is 13.2 Å². The van der Waals surface area contributed by atoms with Gasteiger partial charge in [-0.2, -0.15) is 13.2 Å². The van der Waals surface area contributed by atoms with Crippen LogP contribution in [0.1, 0.15) is 22.4 Å². The molecule has 2 aromatic rings. The standard InChI is InChI=1S/C14H10F3N3O/c1-21-13-11-9(3-5-19-13)7-20-12(11)8-2-4-18-10(6-8)14(15,16)17/h2-6H,7H2,1H3. The Morgan fingerprint density at radius 3 is 2.62 bits per heavy atom. The maximum Gasteiger partial charge on any atom is 0.433 e. The van der Waals surface area contributed by atoms with Crippen molar-refractivity contribution >= 4 is 5.71 Å². The number of aliphatic imine (C=N–C) groups is 1. The second-order valence-electron chi connectivity index (χ2n) is 4.45. The number of ether oxygens (including phenoxy) is 1. The van der Waals surface area contributed by atoms with E-state index in [1.165, 1.54) is 13.2 Å². The summed E-state index contributed by atoms with van der Waals surface area (Å²) in [5.41, 5.74) is 1.37. The van der Waals surface area contributed by atoms with Crippen LogP contribution in [0.5, 0.6) is 5.88 Å². The molecule has 0 atom stereocenters. The molecule has 21 heavy (non-hydrogen) atoms. The summed E-state index contributed by atoms with van der Waals surface area (Å²) in [4.78, 5) is 11.7. The van der Waals surface area contributed by atoms with Crippen LogP contribution in [0.15, 0.2) is 35.6 Å². The van der Waals surface area contributed by atoms with E-state index in [1.54, 1.807) is 12.3 Å². The monoisotopic (exact) mass is 293 g/mol. The number of pyridine rings is 2. The van der Waals surface area contributed by atoms with Gasteiger partial charge in [-0.1, -0.05) is 0 Å². The van der Waals surface area contributed by atoms with Gasteiger partial charge in [-0.15, -0.1) is 0 Å². The summed E-state index contributed by atoms with van der Waals surface area (Å²) in [5.74, 6) is 0.356. The average molecular weight is 293 g/mol. The highest BCUT2D eigenvalue weighted by Crippen LogP contribution is 2.32. The molecule has 4 nitrogen and oxygen atoms in total. The fourth-order valence-corrected chi connectivity index (χ4v) is 2.23. The van der Waals surface area contributed by atoms with E-state index < -0.39 is 11.9 Å². The lowest BCUT2D eigenvalue weighted by Crippen LogP contribution is -2.11. The summed E-state index contributed by atoms with van der Waals surface area (Å²) in [6, 6.07) is 4.26. The van der Waals surface area contributed by atoms with Crippen molar-refractivity contribution in [2.45, 2.75) is 12.7 Å². The van der Waals surface area contributed by atoms with Crippen molar-refractivity contribution in [1.29, 1.82) is 0 Å². The molecule has 2 aromatic heterocycles. The van der Waals surface area contributed by atoms with Gasteiger partial charge in [-0.25, -0.2) is 4.98 Å². The van der Waals surface area contributed by atoms with Crippen molar-refractivity contribution < 1.29 is 17.9 Å². The molecule has 7 heteroatoms. The highest BCUT2D eigenvalue weighted by Gasteiger charge is 2.33. The molecule has 0 aliphatic carbocycles. The molecule has 1 aliphatic rings. The van der Waals surface area contributed by atoms with Crippen LogP contribution >= 0.6 is 0 Å². The molecule has 0 radical (unpaired) electrons. The van der Waals surface area contributed by atoms with Crippen LogP contribution in [0.2, 0.25) is 0 Å². The Morgan fingerprint density at radius 2 is 1.90 bits per heavy atom. The number of nitrogens with zero attached hydrogens (tertiary/aromatic N) is 3. The van der Waals surface area contributed by atoms with Gasteiger partial charge in [0.1, 0.15) is 5.69 Å². The largest absolute Gasteiger partial charge is 0.480 e. The molecule has 0 spiro atoms. The Hall–Kier alpha value is -2.44. The second kappa shape index (κ2) is 4.83. The van der Waals surface area contributed by atoms with E-state index in [1.807, 2.05) is 0 Å². The van der Waals surface area contributed by atoms with Gasteiger partial charge in [-0.3, -0.25) is 9.98 Å². The lowest BCUT2D eigenvalue weighted by atomic mass is 10.0. The first-order valence-electron chi connectivity index (χ1n) is 6.11. The quantitative estimate of drug-likeness (QED) is 0.855. The predicted octanol–water partition coefficient (Wildman–Crippen LogP) is 2.86. The summed E-state index contributed by atoms with van der Waals surface area (Å²) in [7, 11) is 1.46. The third-order valence-corrected chi connectivity index (χ3v) is 3.16. The topological polar surface area (TPSA) is 47.4 Å². The van der Waals surface area contributed by atoms with Crippen LogP contribution < -0.4 is 4.74 Å². The smallest absolute Gasteiger partial charge is 0.433 e. The normalized spacial score (nSPS) is 13.8. The molecule has 108 valence electrons. The SMILES string of the molecule is COc1nccc2c1C(c1ccnc(C(F)(F)F)c1)=NC2. The van der Waals surface area contributed by atoms with E-state index in [-0.39, 0.29) is 0 Å². The van der Waals surface area contributed by atoms with Crippen molar-refractivity contribution in [2.24, 2.45) is 4.99 Å². The molecule has 0 fully saturated rings. The van der Waals surface area contributed by atoms with E-state index in [4.69, 9.17) is 4.74 Å². The van der Waals surface area contributed by atoms with Crippen molar-refractivity contribution in [3.63, 3.8) is 0 Å². The zero-order valence-electron chi connectivity index (χ0n) is 11.0. The van der Waals surface area contributed by atoms with Crippen LogP contribution in [-0.2, 0) is 12.7 Å². The molecule has 0 unspecified atom stereocenters. The van der Waals surface area contributed by atoms with E-state index in [0.29, 0.717) is 29.3 Å². The summed E-state index contributed by atoms with van der Waals surface area (Å²) in [6.07, 6.45) is -1.78. The zero-order valence-corrected chi connectivity index (χ0v) is 11.0. The average Bonchev–Trinajstić information content (AvgIpc) is 2.90. The Morgan fingerprint density at radius 1 is 1.14 bits per heavy atom. The maximum absolute atomic E-state index is 12.8. The van der Waals surface area contributed by atoms with Gasteiger partial charge in [0.2, 0.25) is 5.88 Å². The number of aromatic nitrogens is 2. The first kappa shape index (κ1) is 13.5. The summed E-state index contributed by atoms with van der Waals surface area (Å²) >= 11 is 0. The second-order valence-corrected chi connectivity index (χ2v) is 4.45. The minimum atomic E-state index is -4.49. The predicted molar refractivity (Wildman–Crippen MR) is 69.4 cm³/mol. The maximum atomic E-state index is 12.8. The van der Waals surface area contributed by atoms with Crippen LogP contribution in [0.3, 0.4) is 0 Å². The van der Waals surface area contributed by atoms with E-state index in [0.717, 1.165) is 17.8 Å². The number of rotatable bonds is 2. The molecule has 0 saturated carbocycles. The lowest BCUT2D eigenvalue weighted by Gasteiger charge is -2.10. The lowest BCUT2D eigenvalue weighted by molar-refractivity contribution is -0.141. The van der Waals surface area contributed by atoms with E-state index in [2.05, 4.69) is 15.0 Å². The minimum Gasteiger partial charge on any atom is -0.480 e. The fourth-order valence-electron chi connectivity index (χ4n) is 2.23. The van der Waals surface area contributed by atoms with Crippen molar-refractivity contribution in [3.8, 4) is 5.88 Å². The molecule has 1 aliphatic heterocycles. The molecular weight excluding hydrogens is 283 g/mol. The third kappa shape index (κ3) is 2.35. The third-order valence-electron chi connectivity index (χ3n) is 3.16. The van der Waals surface area contributed by atoms with Crippen LogP contribution in [0.4, 0.5) is 13.2 Å². The highest BCUT2D eigenvalue weighted by atomic mass is 19.4. The van der Waals surface area contributed by atoms with Crippen LogP contribution in [0.25, 0.3) is 0 Å². The fraction of sp³-hybridized carbons (Fsp3) is 0.214. The van der Waals surface area contributed by atoms with Gasteiger partial charge in [0.25, 0.3) is 0 Å². The first-order chi connectivity index (χ1) is 10.0. The van der Waals surface area contributed by atoms with Crippen LogP contribution in [0, 0.1) is 0 Å². The molecule has 3 rings (SSSR count). The zero-order chi connectivity index (χ0) is 15.0. The highest BCUT2D eigenvalue weighted by molar-refractivity contribution is 6.16. The molecule has 0 bridgehead atoms. The van der Waals surface area contributed by atoms with Crippen molar-refractivity contribution in [1.82, 2.24) is 9.97 Å². The molecule has 0 N–H and O–H groups in total. The van der Waals surface area contributed by atoms with Crippen molar-refractivity contribution in [2.75, 3.05) is 7.11 Å². The molecule has 0 aromatic carbocycles. The molecule has 0 saturated heterocycles. The molecular formula is C14H10F3N3O. The number of hydrogen-bond acceptors (Lipinski definition) is 4. The van der Waals surface area contributed by atoms with Gasteiger partial charge in [-0.05, 0) is 23.8 Å². The van der Waals surface area contributed by atoms with Gasteiger partial charge >= 0.3 is 6.18 Å². The number of fused-ring (bicyclic) bond motifs is 1. The minimum absolute atomic E-state index is 0.349. The van der Waals surface area contributed by atoms with Gasteiger partial charge in [0.15, 0.2) is 0 Å². The Bertz CT molecular complexity index is 726. The summed E-state index contributed by atoms with van der Waals surface area (Å²) in [6.45, 7) is 0.396. The van der Waals surface area contributed by atoms with Gasteiger partial charge < -0.3 is 4.74 Å². The summed E-state index contributed by atoms with van der Waals surface area (Å²) < 4.78 is 43.4. The van der Waals surface area contributed by atoms with Gasteiger partial charge in [0.05, 0.1) is 24.9 Å². The first-order valence-corrected chi connectivity index (χ1v) is 6.11. The van der Waals surface area contributed by atoms with Gasteiger partial charge in [0, 0.05) is 18.0 Å². The Balaban J connectivity index is 2.10.